The van der Waals surface area contributed by atoms with E-state index in [1.165, 1.54) is 0 Å². The quantitative estimate of drug-likeness (QED) is 0.614. The lowest BCUT2D eigenvalue weighted by molar-refractivity contribution is -0.168. The summed E-state index contributed by atoms with van der Waals surface area (Å²) in [7, 11) is 0. The fourth-order valence-corrected chi connectivity index (χ4v) is 1.93. The van der Waals surface area contributed by atoms with Gasteiger partial charge in [0.1, 0.15) is 11.2 Å². The maximum absolute atomic E-state index is 12.2. The van der Waals surface area contributed by atoms with Crippen LogP contribution >= 0.6 is 0 Å². The Labute approximate surface area is 132 Å². The van der Waals surface area contributed by atoms with Crippen molar-refractivity contribution in [3.63, 3.8) is 0 Å². The van der Waals surface area contributed by atoms with Crippen LogP contribution in [0.4, 0.5) is 0 Å². The van der Waals surface area contributed by atoms with E-state index in [-0.39, 0.29) is 12.0 Å². The molecule has 0 spiro atoms. The van der Waals surface area contributed by atoms with Crippen LogP contribution in [-0.4, -0.2) is 17.5 Å². The Bertz CT molecular complexity index is 554. The summed E-state index contributed by atoms with van der Waals surface area (Å²) in [6.07, 6.45) is -0.0622. The topological polar surface area (TPSA) is 52.6 Å². The number of carbonyl (C=O) groups excluding carboxylic acids is 2. The van der Waals surface area contributed by atoms with E-state index in [1.54, 1.807) is 34.6 Å². The van der Waals surface area contributed by atoms with Crippen LogP contribution in [0.5, 0.6) is 0 Å². The number of rotatable bonds is 5. The average Bonchev–Trinajstić information content (AvgIpc) is 2.36. The normalized spacial score (nSPS) is 13.9. The summed E-state index contributed by atoms with van der Waals surface area (Å²) in [6.45, 7) is 12.2. The van der Waals surface area contributed by atoms with Crippen LogP contribution < -0.4 is 0 Å². The van der Waals surface area contributed by atoms with Crippen LogP contribution in [0.2, 0.25) is 0 Å². The first-order valence-corrected chi connectivity index (χ1v) is 7.20. The van der Waals surface area contributed by atoms with Gasteiger partial charge in [0.2, 0.25) is 0 Å². The Kier molecular flexibility index (Phi) is 5.53. The van der Waals surface area contributed by atoms with Crippen LogP contribution in [0, 0.1) is 0 Å². The molecule has 1 atom stereocenters. The van der Waals surface area contributed by atoms with Crippen molar-refractivity contribution in [1.82, 2.24) is 0 Å². The zero-order chi connectivity index (χ0) is 17.0. The molecule has 0 aromatic heterocycles. The molecule has 0 amide bonds. The Morgan fingerprint density at radius 2 is 1.59 bits per heavy atom. The second-order valence-electron chi connectivity index (χ2n) is 6.53. The molecule has 0 aliphatic carbocycles. The summed E-state index contributed by atoms with van der Waals surface area (Å²) in [6, 6.07) is 9.15. The molecule has 0 N–H and O–H groups in total. The lowest BCUT2D eigenvalue weighted by Crippen LogP contribution is -2.35. The van der Waals surface area contributed by atoms with Gasteiger partial charge < -0.3 is 9.47 Å². The third-order valence-electron chi connectivity index (χ3n) is 2.95. The van der Waals surface area contributed by atoms with Crippen LogP contribution in [0.1, 0.15) is 46.6 Å². The highest BCUT2D eigenvalue weighted by atomic mass is 16.6. The van der Waals surface area contributed by atoms with Gasteiger partial charge in [-0.3, -0.25) is 4.79 Å². The number of hydrogen-bond donors (Lipinski definition) is 0. The van der Waals surface area contributed by atoms with Crippen LogP contribution in [0.15, 0.2) is 42.5 Å². The van der Waals surface area contributed by atoms with E-state index in [0.29, 0.717) is 0 Å². The van der Waals surface area contributed by atoms with Crippen molar-refractivity contribution in [2.45, 2.75) is 52.2 Å². The molecule has 120 valence electrons. The standard InChI is InChI=1S/C18H24O4/c1-13(2)16(20)22-18(6,14-10-8-7-9-11-14)12-15(19)21-17(3,4)5/h7-11H,1,12H2,2-6H3. The van der Waals surface area contributed by atoms with Crippen molar-refractivity contribution in [1.29, 1.82) is 0 Å². The summed E-state index contributed by atoms with van der Waals surface area (Å²) >= 11 is 0. The smallest absolute Gasteiger partial charge is 0.334 e. The maximum Gasteiger partial charge on any atom is 0.334 e. The van der Waals surface area contributed by atoms with Crippen LogP contribution in [-0.2, 0) is 24.7 Å². The van der Waals surface area contributed by atoms with E-state index in [2.05, 4.69) is 6.58 Å². The van der Waals surface area contributed by atoms with E-state index in [0.717, 1.165) is 5.56 Å². The van der Waals surface area contributed by atoms with Gasteiger partial charge in [0, 0.05) is 5.57 Å². The molecule has 1 rings (SSSR count). The SMILES string of the molecule is C=C(C)C(=O)OC(C)(CC(=O)OC(C)(C)C)c1ccccc1. The zero-order valence-corrected chi connectivity index (χ0v) is 13.9. The largest absolute Gasteiger partial charge is 0.460 e. The van der Waals surface area contributed by atoms with Gasteiger partial charge in [-0.2, -0.15) is 0 Å². The molecule has 0 bridgehead atoms. The van der Waals surface area contributed by atoms with E-state index >= 15 is 0 Å². The summed E-state index contributed by atoms with van der Waals surface area (Å²) in [4.78, 5) is 24.1. The molecule has 0 radical (unpaired) electrons. The molecular weight excluding hydrogens is 280 g/mol. The van der Waals surface area contributed by atoms with Crippen molar-refractivity contribution < 1.29 is 19.1 Å². The lowest BCUT2D eigenvalue weighted by Gasteiger charge is -2.31. The van der Waals surface area contributed by atoms with Gasteiger partial charge in [-0.05, 0) is 40.2 Å². The van der Waals surface area contributed by atoms with Crippen molar-refractivity contribution in [3.05, 3.63) is 48.0 Å². The first-order chi connectivity index (χ1) is 10.0. The minimum Gasteiger partial charge on any atom is -0.460 e. The predicted molar refractivity (Wildman–Crippen MR) is 85.2 cm³/mol. The molecule has 0 saturated heterocycles. The van der Waals surface area contributed by atoms with Crippen molar-refractivity contribution >= 4 is 11.9 Å². The number of benzene rings is 1. The van der Waals surface area contributed by atoms with Gasteiger partial charge in [-0.15, -0.1) is 0 Å². The first-order valence-electron chi connectivity index (χ1n) is 7.20. The minimum absolute atomic E-state index is 0.0622. The third-order valence-corrected chi connectivity index (χ3v) is 2.95. The van der Waals surface area contributed by atoms with E-state index in [9.17, 15) is 9.59 Å². The van der Waals surface area contributed by atoms with Crippen molar-refractivity contribution in [3.8, 4) is 0 Å². The molecule has 1 unspecified atom stereocenters. The molecule has 0 aliphatic heterocycles. The Balaban J connectivity index is 3.04. The second-order valence-corrected chi connectivity index (χ2v) is 6.53. The number of carbonyl (C=O) groups is 2. The predicted octanol–water partition coefficient (Wildman–Crippen LogP) is 3.75. The second kappa shape index (κ2) is 6.77. The molecule has 0 saturated carbocycles. The molecule has 0 fully saturated rings. The average molecular weight is 304 g/mol. The van der Waals surface area contributed by atoms with Gasteiger partial charge in [0.25, 0.3) is 0 Å². The van der Waals surface area contributed by atoms with Crippen LogP contribution in [0.25, 0.3) is 0 Å². The maximum atomic E-state index is 12.2. The molecule has 4 nitrogen and oxygen atoms in total. The van der Waals surface area contributed by atoms with Gasteiger partial charge in [0.15, 0.2) is 0 Å². The van der Waals surface area contributed by atoms with E-state index in [1.807, 2.05) is 30.3 Å². The van der Waals surface area contributed by atoms with Gasteiger partial charge in [-0.1, -0.05) is 36.9 Å². The molecular formula is C18H24O4. The molecule has 0 aliphatic rings. The lowest BCUT2D eigenvalue weighted by atomic mass is 9.92. The van der Waals surface area contributed by atoms with E-state index < -0.39 is 23.1 Å². The minimum atomic E-state index is -1.10. The molecule has 0 heterocycles. The Morgan fingerprint density at radius 1 is 1.05 bits per heavy atom. The Morgan fingerprint density at radius 3 is 2.05 bits per heavy atom. The highest BCUT2D eigenvalue weighted by molar-refractivity contribution is 5.87. The Hall–Kier alpha value is -2.10. The fourth-order valence-electron chi connectivity index (χ4n) is 1.93. The summed E-state index contributed by atoms with van der Waals surface area (Å²) in [5.74, 6) is -0.955. The van der Waals surface area contributed by atoms with Crippen molar-refractivity contribution in [2.24, 2.45) is 0 Å². The van der Waals surface area contributed by atoms with Gasteiger partial charge >= 0.3 is 11.9 Å². The zero-order valence-electron chi connectivity index (χ0n) is 13.9. The first kappa shape index (κ1) is 18.0. The molecule has 1 aromatic rings. The number of ether oxygens (including phenoxy) is 2. The summed E-state index contributed by atoms with van der Waals surface area (Å²) in [5, 5.41) is 0. The molecule has 4 heteroatoms. The van der Waals surface area contributed by atoms with Gasteiger partial charge in [-0.25, -0.2) is 4.79 Å². The van der Waals surface area contributed by atoms with Crippen molar-refractivity contribution in [2.75, 3.05) is 0 Å². The number of esters is 2. The number of hydrogen-bond acceptors (Lipinski definition) is 4. The highest BCUT2D eigenvalue weighted by Gasteiger charge is 2.35. The summed E-state index contributed by atoms with van der Waals surface area (Å²) in [5.41, 5.74) is -0.672. The molecule has 1 aromatic carbocycles. The van der Waals surface area contributed by atoms with E-state index in [4.69, 9.17) is 9.47 Å². The van der Waals surface area contributed by atoms with Crippen LogP contribution in [0.3, 0.4) is 0 Å². The summed E-state index contributed by atoms with van der Waals surface area (Å²) < 4.78 is 10.9. The molecule has 22 heavy (non-hydrogen) atoms. The highest BCUT2D eigenvalue weighted by Crippen LogP contribution is 2.31. The van der Waals surface area contributed by atoms with Gasteiger partial charge in [0.05, 0.1) is 6.42 Å². The fraction of sp³-hybridized carbons (Fsp3) is 0.444. The third kappa shape index (κ3) is 5.35. The monoisotopic (exact) mass is 304 g/mol.